The molecule has 0 saturated carbocycles. The number of aliphatic carboxylic acids is 1. The van der Waals surface area contributed by atoms with Crippen molar-refractivity contribution >= 4 is 57.0 Å². The van der Waals surface area contributed by atoms with Crippen LogP contribution in [0.3, 0.4) is 0 Å². The first kappa shape index (κ1) is 23.2. The smallest absolute Gasteiger partial charge is 0.303 e. The number of carbonyl (C=O) groups is 4. The van der Waals surface area contributed by atoms with Gasteiger partial charge in [0.25, 0.3) is 0 Å². The van der Waals surface area contributed by atoms with Gasteiger partial charge in [-0.3, -0.25) is 24.1 Å². The summed E-state index contributed by atoms with van der Waals surface area (Å²) in [6.45, 7) is 6.96. The Bertz CT molecular complexity index is 536. The lowest BCUT2D eigenvalue weighted by atomic mass is 10.3. The highest BCUT2D eigenvalue weighted by atomic mass is 33.1. The second-order valence-electron chi connectivity index (χ2n) is 6.69. The Hall–Kier alpha value is -0.870. The standard InChI is InChI=1S/C16H26N2O5S3/c1-16(2,3)26-11-10-13(20)18(15(11)23)7-9-25-24-8-6-17-12(19)4-5-14(21)22/h11H,4-10H2,1-3H3,(H,17,19)(H,21,22). The molecule has 148 valence electrons. The molecule has 10 heteroatoms. The van der Waals surface area contributed by atoms with Gasteiger partial charge < -0.3 is 10.4 Å². The molecule has 0 aromatic heterocycles. The molecule has 3 amide bonds. The summed E-state index contributed by atoms with van der Waals surface area (Å²) in [7, 11) is 3.09. The third-order valence-corrected chi connectivity index (χ3v) is 7.00. The molecule has 1 aliphatic rings. The van der Waals surface area contributed by atoms with Gasteiger partial charge in [-0.15, -0.1) is 11.8 Å². The monoisotopic (exact) mass is 422 g/mol. The lowest BCUT2D eigenvalue weighted by Gasteiger charge is -2.21. The quantitative estimate of drug-likeness (QED) is 0.296. The predicted octanol–water partition coefficient (Wildman–Crippen LogP) is 2.01. The number of amides is 3. The summed E-state index contributed by atoms with van der Waals surface area (Å²) in [4.78, 5) is 47.4. The molecule has 0 aromatic rings. The number of thioether (sulfide) groups is 1. The SMILES string of the molecule is CC(C)(C)SC1CC(=O)N(CCSSCCNC(=O)CCC(=O)O)C1=O. The van der Waals surface area contributed by atoms with E-state index < -0.39 is 5.97 Å². The van der Waals surface area contributed by atoms with E-state index in [1.54, 1.807) is 21.6 Å². The molecule has 2 N–H and O–H groups in total. The lowest BCUT2D eigenvalue weighted by Crippen LogP contribution is -2.34. The van der Waals surface area contributed by atoms with Crippen LogP contribution >= 0.6 is 33.3 Å². The third kappa shape index (κ3) is 9.18. The summed E-state index contributed by atoms with van der Waals surface area (Å²) in [5, 5.41) is 10.9. The molecule has 1 rings (SSSR count). The van der Waals surface area contributed by atoms with Gasteiger partial charge in [0.15, 0.2) is 0 Å². The van der Waals surface area contributed by atoms with Gasteiger partial charge in [-0.1, -0.05) is 42.4 Å². The number of likely N-dealkylation sites (tertiary alicyclic amines) is 1. The Morgan fingerprint density at radius 3 is 2.46 bits per heavy atom. The molecule has 0 aliphatic carbocycles. The van der Waals surface area contributed by atoms with Crippen LogP contribution in [0.1, 0.15) is 40.0 Å². The minimum absolute atomic E-state index is 0.0138. The number of hydrogen-bond acceptors (Lipinski definition) is 7. The molecule has 0 radical (unpaired) electrons. The van der Waals surface area contributed by atoms with Crippen molar-refractivity contribution in [3.63, 3.8) is 0 Å². The fraction of sp³-hybridized carbons (Fsp3) is 0.750. The summed E-state index contributed by atoms with van der Waals surface area (Å²) in [5.74, 6) is -0.136. The molecule has 1 fully saturated rings. The van der Waals surface area contributed by atoms with Crippen LogP contribution in [0.15, 0.2) is 0 Å². The van der Waals surface area contributed by atoms with Gasteiger partial charge in [-0.25, -0.2) is 0 Å². The van der Waals surface area contributed by atoms with Crippen LogP contribution in [0.5, 0.6) is 0 Å². The Morgan fingerprint density at radius 2 is 1.85 bits per heavy atom. The number of nitrogens with zero attached hydrogens (tertiary/aromatic N) is 1. The van der Waals surface area contributed by atoms with Crippen molar-refractivity contribution < 1.29 is 24.3 Å². The van der Waals surface area contributed by atoms with Gasteiger partial charge >= 0.3 is 5.97 Å². The molecular formula is C16H26N2O5S3. The van der Waals surface area contributed by atoms with Crippen LogP contribution < -0.4 is 5.32 Å². The fourth-order valence-electron chi connectivity index (χ4n) is 2.19. The van der Waals surface area contributed by atoms with E-state index in [-0.39, 0.29) is 47.0 Å². The lowest BCUT2D eigenvalue weighted by molar-refractivity contribution is -0.139. The van der Waals surface area contributed by atoms with Crippen molar-refractivity contribution in [3.05, 3.63) is 0 Å². The molecule has 1 atom stereocenters. The van der Waals surface area contributed by atoms with Crippen molar-refractivity contribution in [1.82, 2.24) is 10.2 Å². The number of carbonyl (C=O) groups excluding carboxylic acids is 3. The Balaban J connectivity index is 2.14. The molecular weight excluding hydrogens is 396 g/mol. The second-order valence-corrected chi connectivity index (χ2v) is 11.4. The molecule has 1 heterocycles. The van der Waals surface area contributed by atoms with Gasteiger partial charge in [0, 0.05) is 42.2 Å². The number of rotatable bonds is 11. The molecule has 1 unspecified atom stereocenters. The van der Waals surface area contributed by atoms with E-state index in [1.165, 1.54) is 16.7 Å². The fourth-order valence-corrected chi connectivity index (χ4v) is 5.36. The second kappa shape index (κ2) is 11.1. The zero-order chi connectivity index (χ0) is 19.7. The Morgan fingerprint density at radius 1 is 1.19 bits per heavy atom. The van der Waals surface area contributed by atoms with Crippen LogP contribution in [-0.2, 0) is 19.2 Å². The largest absolute Gasteiger partial charge is 0.481 e. The number of hydrogen-bond donors (Lipinski definition) is 2. The Labute approximate surface area is 166 Å². The highest BCUT2D eigenvalue weighted by molar-refractivity contribution is 8.76. The molecule has 7 nitrogen and oxygen atoms in total. The first-order valence-electron chi connectivity index (χ1n) is 8.35. The van der Waals surface area contributed by atoms with Gasteiger partial charge in [0.2, 0.25) is 17.7 Å². The number of nitrogens with one attached hydrogen (secondary N) is 1. The summed E-state index contributed by atoms with van der Waals surface area (Å²) in [6, 6.07) is 0. The van der Waals surface area contributed by atoms with Gasteiger partial charge in [-0.05, 0) is 0 Å². The zero-order valence-electron chi connectivity index (χ0n) is 15.3. The van der Waals surface area contributed by atoms with E-state index in [4.69, 9.17) is 5.11 Å². The molecule has 1 saturated heterocycles. The first-order chi connectivity index (χ1) is 12.1. The Kier molecular flexibility index (Phi) is 9.88. The minimum Gasteiger partial charge on any atom is -0.481 e. The summed E-state index contributed by atoms with van der Waals surface area (Å²) in [6.07, 6.45) is 0.0983. The molecule has 1 aliphatic heterocycles. The molecule has 0 spiro atoms. The third-order valence-electron chi connectivity index (χ3n) is 3.25. The average molecular weight is 423 g/mol. The topological polar surface area (TPSA) is 104 Å². The van der Waals surface area contributed by atoms with Crippen molar-refractivity contribution in [2.45, 2.75) is 50.0 Å². The van der Waals surface area contributed by atoms with Crippen molar-refractivity contribution in [2.75, 3.05) is 24.6 Å². The highest BCUT2D eigenvalue weighted by Gasteiger charge is 2.40. The van der Waals surface area contributed by atoms with E-state index in [0.717, 1.165) is 0 Å². The van der Waals surface area contributed by atoms with Gasteiger partial charge in [0.05, 0.1) is 11.7 Å². The van der Waals surface area contributed by atoms with Crippen molar-refractivity contribution in [2.24, 2.45) is 0 Å². The molecule has 0 bridgehead atoms. The average Bonchev–Trinajstić information content (AvgIpc) is 2.77. The first-order valence-corrected chi connectivity index (χ1v) is 11.7. The maximum atomic E-state index is 12.3. The summed E-state index contributed by atoms with van der Waals surface area (Å²) in [5.41, 5.74) is 0. The van der Waals surface area contributed by atoms with Crippen molar-refractivity contribution in [3.8, 4) is 0 Å². The maximum Gasteiger partial charge on any atom is 0.303 e. The number of carboxylic acids is 1. The van der Waals surface area contributed by atoms with E-state index in [2.05, 4.69) is 5.32 Å². The number of carboxylic acid groups (broad SMARTS) is 1. The summed E-state index contributed by atoms with van der Waals surface area (Å²) < 4.78 is -0.0594. The van der Waals surface area contributed by atoms with E-state index in [9.17, 15) is 19.2 Å². The van der Waals surface area contributed by atoms with Crippen LogP contribution in [-0.4, -0.2) is 68.3 Å². The van der Waals surface area contributed by atoms with Gasteiger partial charge in [-0.2, -0.15) is 0 Å². The predicted molar refractivity (Wildman–Crippen MR) is 107 cm³/mol. The van der Waals surface area contributed by atoms with Crippen LogP contribution in [0.25, 0.3) is 0 Å². The van der Waals surface area contributed by atoms with Crippen LogP contribution in [0.2, 0.25) is 0 Å². The van der Waals surface area contributed by atoms with Crippen LogP contribution in [0, 0.1) is 0 Å². The van der Waals surface area contributed by atoms with E-state index in [1.807, 2.05) is 20.8 Å². The van der Waals surface area contributed by atoms with E-state index in [0.29, 0.717) is 24.6 Å². The van der Waals surface area contributed by atoms with Crippen LogP contribution in [0.4, 0.5) is 0 Å². The summed E-state index contributed by atoms with van der Waals surface area (Å²) >= 11 is 1.54. The maximum absolute atomic E-state index is 12.3. The zero-order valence-corrected chi connectivity index (χ0v) is 17.7. The van der Waals surface area contributed by atoms with E-state index >= 15 is 0 Å². The van der Waals surface area contributed by atoms with Crippen molar-refractivity contribution in [1.29, 1.82) is 0 Å². The highest BCUT2D eigenvalue weighted by Crippen LogP contribution is 2.34. The normalized spacial score (nSPS) is 17.7. The number of imide groups is 1. The van der Waals surface area contributed by atoms with Gasteiger partial charge in [0.1, 0.15) is 0 Å². The molecule has 0 aromatic carbocycles. The molecule has 26 heavy (non-hydrogen) atoms. The minimum atomic E-state index is -0.987.